The second-order valence-electron chi connectivity index (χ2n) is 8.02. The van der Waals surface area contributed by atoms with Gasteiger partial charge in [-0.15, -0.1) is 0 Å². The monoisotopic (exact) mass is 391 g/mol. The van der Waals surface area contributed by atoms with Crippen molar-refractivity contribution in [3.63, 3.8) is 0 Å². The van der Waals surface area contributed by atoms with Gasteiger partial charge in [-0.3, -0.25) is 0 Å². The van der Waals surface area contributed by atoms with Crippen LogP contribution in [0.25, 0.3) is 43.7 Å². The third-order valence-electron chi connectivity index (χ3n) is 5.63. The molecule has 0 unspecified atom stereocenters. The number of anilines is 1. The number of nitrogens with one attached hydrogen (secondary N) is 1. The Balaban J connectivity index is 1.61. The molecule has 3 heteroatoms. The zero-order chi connectivity index (χ0) is 20.5. The summed E-state index contributed by atoms with van der Waals surface area (Å²) >= 11 is 0. The fourth-order valence-electron chi connectivity index (χ4n) is 4.06. The van der Waals surface area contributed by atoms with E-state index in [0.717, 1.165) is 40.9 Å². The smallest absolute Gasteiger partial charge is 0.0730 e. The predicted molar refractivity (Wildman–Crippen MR) is 129 cm³/mol. The second-order valence-corrected chi connectivity index (χ2v) is 8.02. The van der Waals surface area contributed by atoms with Gasteiger partial charge in [-0.1, -0.05) is 66.7 Å². The summed E-state index contributed by atoms with van der Waals surface area (Å²) in [6, 6.07) is 30.2. The molecule has 0 spiro atoms. The van der Waals surface area contributed by atoms with Crippen LogP contribution in [0.4, 0.5) is 5.69 Å². The average molecular weight is 392 g/mol. The van der Waals surface area contributed by atoms with Gasteiger partial charge in [0.05, 0.1) is 11.2 Å². The molecule has 30 heavy (non-hydrogen) atoms. The summed E-state index contributed by atoms with van der Waals surface area (Å²) in [4.78, 5) is 7.15. The Morgan fingerprint density at radius 1 is 0.733 bits per heavy atom. The summed E-state index contributed by atoms with van der Waals surface area (Å²) in [5.74, 6) is 0. The molecule has 1 heterocycles. The fourth-order valence-corrected chi connectivity index (χ4v) is 4.06. The molecule has 0 atom stereocenters. The first kappa shape index (κ1) is 18.6. The zero-order valence-electron chi connectivity index (χ0n) is 17.4. The maximum absolute atomic E-state index is 4.97. The van der Waals surface area contributed by atoms with Gasteiger partial charge in [-0.05, 0) is 53.8 Å². The minimum atomic E-state index is 0.893. The van der Waals surface area contributed by atoms with Crippen LogP contribution < -0.4 is 5.32 Å². The van der Waals surface area contributed by atoms with Crippen LogP contribution >= 0.6 is 0 Å². The molecule has 0 aliphatic carbocycles. The number of hydrogen-bond donors (Lipinski definition) is 1. The van der Waals surface area contributed by atoms with Gasteiger partial charge in [0.1, 0.15) is 0 Å². The molecule has 5 aromatic rings. The first-order valence-corrected chi connectivity index (χ1v) is 10.4. The summed E-state index contributed by atoms with van der Waals surface area (Å²) in [6.45, 7) is 1.87. The van der Waals surface area contributed by atoms with E-state index in [1.165, 1.54) is 21.5 Å². The number of nitrogens with zero attached hydrogens (tertiary/aromatic N) is 2. The minimum Gasteiger partial charge on any atom is -0.383 e. The topological polar surface area (TPSA) is 28.2 Å². The number of likely N-dealkylation sites (N-methyl/N-ethyl adjacent to an activating group) is 1. The summed E-state index contributed by atoms with van der Waals surface area (Å²) in [7, 11) is 4.19. The van der Waals surface area contributed by atoms with Gasteiger partial charge in [-0.2, -0.15) is 0 Å². The van der Waals surface area contributed by atoms with Crippen molar-refractivity contribution < 1.29 is 0 Å². The standard InChI is InChI=1S/C27H25N3/c1-30(2)16-15-28-27-18-26(29-25-10-6-5-9-24(25)27)21-13-14-23-20(17-21)12-11-19-7-3-4-8-22(19)23/h3-14,17-18H,15-16H2,1-2H3,(H,28,29). The number of benzene rings is 4. The van der Waals surface area contributed by atoms with Gasteiger partial charge in [0.25, 0.3) is 0 Å². The van der Waals surface area contributed by atoms with E-state index in [9.17, 15) is 0 Å². The van der Waals surface area contributed by atoms with Gasteiger partial charge in [0.2, 0.25) is 0 Å². The summed E-state index contributed by atoms with van der Waals surface area (Å²) in [5.41, 5.74) is 4.28. The molecule has 0 saturated carbocycles. The lowest BCUT2D eigenvalue weighted by atomic mass is 9.98. The SMILES string of the molecule is CN(C)CCNc1cc(-c2ccc3c(ccc4ccccc43)c2)nc2ccccc12. The van der Waals surface area contributed by atoms with E-state index in [1.54, 1.807) is 0 Å². The van der Waals surface area contributed by atoms with E-state index in [2.05, 4.69) is 109 Å². The highest BCUT2D eigenvalue weighted by atomic mass is 15.1. The van der Waals surface area contributed by atoms with Crippen LogP contribution in [0.15, 0.2) is 84.9 Å². The Morgan fingerprint density at radius 3 is 2.33 bits per heavy atom. The van der Waals surface area contributed by atoms with Crippen molar-refractivity contribution in [3.05, 3.63) is 84.9 Å². The Morgan fingerprint density at radius 2 is 1.47 bits per heavy atom. The number of aromatic nitrogens is 1. The molecule has 0 aliphatic rings. The van der Waals surface area contributed by atoms with E-state index < -0.39 is 0 Å². The summed E-state index contributed by atoms with van der Waals surface area (Å²) in [6.07, 6.45) is 0. The molecule has 148 valence electrons. The normalized spacial score (nSPS) is 11.6. The van der Waals surface area contributed by atoms with Gasteiger partial charge >= 0.3 is 0 Å². The number of fused-ring (bicyclic) bond motifs is 4. The molecule has 1 N–H and O–H groups in total. The molecule has 0 fully saturated rings. The van der Waals surface area contributed by atoms with Gasteiger partial charge < -0.3 is 10.2 Å². The molecule has 0 amide bonds. The molecule has 1 aromatic heterocycles. The lowest BCUT2D eigenvalue weighted by Crippen LogP contribution is -2.20. The second kappa shape index (κ2) is 7.77. The fraction of sp³-hybridized carbons (Fsp3) is 0.148. The molecule has 0 saturated heterocycles. The molecule has 0 radical (unpaired) electrons. The molecule has 5 rings (SSSR count). The Bertz CT molecular complexity index is 1350. The van der Waals surface area contributed by atoms with Crippen LogP contribution in [0.5, 0.6) is 0 Å². The number of rotatable bonds is 5. The maximum atomic E-state index is 4.97. The first-order chi connectivity index (χ1) is 14.7. The molecule has 3 nitrogen and oxygen atoms in total. The van der Waals surface area contributed by atoms with Crippen LogP contribution in [0.2, 0.25) is 0 Å². The average Bonchev–Trinajstić information content (AvgIpc) is 2.78. The van der Waals surface area contributed by atoms with Crippen LogP contribution in [0, 0.1) is 0 Å². The van der Waals surface area contributed by atoms with Gasteiger partial charge in [0, 0.05) is 29.7 Å². The Labute approximate surface area is 177 Å². The first-order valence-electron chi connectivity index (χ1n) is 10.4. The number of para-hydroxylation sites is 1. The Kier molecular flexibility index (Phi) is 4.82. The van der Waals surface area contributed by atoms with E-state index in [4.69, 9.17) is 4.98 Å². The quantitative estimate of drug-likeness (QED) is 0.363. The number of hydrogen-bond acceptors (Lipinski definition) is 3. The minimum absolute atomic E-state index is 0.893. The van der Waals surface area contributed by atoms with Crippen molar-refractivity contribution in [2.45, 2.75) is 0 Å². The van der Waals surface area contributed by atoms with Crippen molar-refractivity contribution in [1.29, 1.82) is 0 Å². The number of pyridine rings is 1. The highest BCUT2D eigenvalue weighted by molar-refractivity contribution is 6.08. The molecule has 0 bridgehead atoms. The predicted octanol–water partition coefficient (Wildman–Crippen LogP) is 6.18. The highest BCUT2D eigenvalue weighted by Gasteiger charge is 2.09. The van der Waals surface area contributed by atoms with E-state index >= 15 is 0 Å². The van der Waals surface area contributed by atoms with Crippen LogP contribution in [0.3, 0.4) is 0 Å². The van der Waals surface area contributed by atoms with Crippen molar-refractivity contribution in [1.82, 2.24) is 9.88 Å². The lowest BCUT2D eigenvalue weighted by molar-refractivity contribution is 0.425. The van der Waals surface area contributed by atoms with Crippen LogP contribution in [-0.2, 0) is 0 Å². The Hall–Kier alpha value is -3.43. The van der Waals surface area contributed by atoms with Crippen molar-refractivity contribution in [2.75, 3.05) is 32.5 Å². The van der Waals surface area contributed by atoms with E-state index in [1.807, 2.05) is 0 Å². The van der Waals surface area contributed by atoms with Crippen molar-refractivity contribution in [3.8, 4) is 11.3 Å². The summed E-state index contributed by atoms with van der Waals surface area (Å²) < 4.78 is 0. The molecule has 0 aliphatic heterocycles. The lowest BCUT2D eigenvalue weighted by Gasteiger charge is -2.15. The zero-order valence-corrected chi connectivity index (χ0v) is 17.4. The van der Waals surface area contributed by atoms with E-state index in [-0.39, 0.29) is 0 Å². The van der Waals surface area contributed by atoms with Gasteiger partial charge in [0.15, 0.2) is 0 Å². The molecular weight excluding hydrogens is 366 g/mol. The van der Waals surface area contributed by atoms with Crippen LogP contribution in [0.1, 0.15) is 0 Å². The summed E-state index contributed by atoms with van der Waals surface area (Å²) in [5, 5.41) is 9.85. The van der Waals surface area contributed by atoms with Crippen molar-refractivity contribution >= 4 is 38.1 Å². The molecule has 4 aromatic carbocycles. The highest BCUT2D eigenvalue weighted by Crippen LogP contribution is 2.32. The third kappa shape index (κ3) is 3.49. The largest absolute Gasteiger partial charge is 0.383 e. The molecular formula is C27H25N3. The third-order valence-corrected chi connectivity index (χ3v) is 5.63. The maximum Gasteiger partial charge on any atom is 0.0730 e. The van der Waals surface area contributed by atoms with Crippen LogP contribution in [-0.4, -0.2) is 37.1 Å². The van der Waals surface area contributed by atoms with E-state index in [0.29, 0.717) is 0 Å². The van der Waals surface area contributed by atoms with Gasteiger partial charge in [-0.25, -0.2) is 4.98 Å². The van der Waals surface area contributed by atoms with Crippen molar-refractivity contribution in [2.24, 2.45) is 0 Å².